The molecule has 0 aromatic heterocycles. The van der Waals surface area contributed by atoms with E-state index in [9.17, 15) is 4.79 Å². The SMILES string of the molecule is CC1CCC(C)N(C(=O)c2ccc(CBr)cc2)C1. The molecule has 2 rings (SSSR count). The van der Waals surface area contributed by atoms with Gasteiger partial charge in [-0.05, 0) is 43.4 Å². The summed E-state index contributed by atoms with van der Waals surface area (Å²) in [7, 11) is 0. The number of amides is 1. The summed E-state index contributed by atoms with van der Waals surface area (Å²) in [5, 5.41) is 0.832. The van der Waals surface area contributed by atoms with Crippen LogP contribution in [0.4, 0.5) is 0 Å². The first-order valence-electron chi connectivity index (χ1n) is 6.57. The molecule has 1 aliphatic heterocycles. The largest absolute Gasteiger partial charge is 0.336 e. The molecule has 98 valence electrons. The Hall–Kier alpha value is -0.830. The van der Waals surface area contributed by atoms with Crippen molar-refractivity contribution in [2.75, 3.05) is 6.54 Å². The molecule has 2 unspecified atom stereocenters. The zero-order chi connectivity index (χ0) is 13.1. The molecule has 1 amide bonds. The molecule has 0 saturated carbocycles. The van der Waals surface area contributed by atoms with Gasteiger partial charge in [0.15, 0.2) is 0 Å². The third-order valence-electron chi connectivity index (χ3n) is 3.73. The van der Waals surface area contributed by atoms with Crippen LogP contribution in [-0.4, -0.2) is 23.4 Å². The van der Waals surface area contributed by atoms with Gasteiger partial charge in [-0.2, -0.15) is 0 Å². The van der Waals surface area contributed by atoms with Gasteiger partial charge in [-0.25, -0.2) is 0 Å². The first-order valence-corrected chi connectivity index (χ1v) is 7.70. The van der Waals surface area contributed by atoms with Crippen molar-refractivity contribution in [1.29, 1.82) is 0 Å². The monoisotopic (exact) mass is 309 g/mol. The van der Waals surface area contributed by atoms with Crippen LogP contribution >= 0.6 is 15.9 Å². The standard InChI is InChI=1S/C15H20BrNO/c1-11-3-4-12(2)17(10-11)15(18)14-7-5-13(9-16)6-8-14/h5-8,11-12H,3-4,9-10H2,1-2H3. The molecular formula is C15H20BrNO. The molecule has 1 aromatic carbocycles. The molecule has 0 radical (unpaired) electrons. The number of likely N-dealkylation sites (tertiary alicyclic amines) is 1. The summed E-state index contributed by atoms with van der Waals surface area (Å²) in [6, 6.07) is 8.26. The molecule has 1 saturated heterocycles. The van der Waals surface area contributed by atoms with Gasteiger partial charge in [-0.1, -0.05) is 35.0 Å². The van der Waals surface area contributed by atoms with E-state index in [-0.39, 0.29) is 5.91 Å². The van der Waals surface area contributed by atoms with Crippen molar-refractivity contribution in [3.8, 4) is 0 Å². The summed E-state index contributed by atoms with van der Waals surface area (Å²) in [5.74, 6) is 0.794. The van der Waals surface area contributed by atoms with Crippen LogP contribution in [0.15, 0.2) is 24.3 Å². The maximum atomic E-state index is 12.5. The van der Waals surface area contributed by atoms with Crippen molar-refractivity contribution in [3.63, 3.8) is 0 Å². The molecule has 0 aliphatic carbocycles. The number of halogens is 1. The molecule has 1 heterocycles. The zero-order valence-electron chi connectivity index (χ0n) is 11.0. The summed E-state index contributed by atoms with van der Waals surface area (Å²) >= 11 is 3.42. The fourth-order valence-electron chi connectivity index (χ4n) is 2.47. The molecular weight excluding hydrogens is 290 g/mol. The fraction of sp³-hybridized carbons (Fsp3) is 0.533. The maximum Gasteiger partial charge on any atom is 0.254 e. The van der Waals surface area contributed by atoms with Gasteiger partial charge in [-0.3, -0.25) is 4.79 Å². The normalized spacial score (nSPS) is 24.1. The van der Waals surface area contributed by atoms with E-state index in [4.69, 9.17) is 0 Å². The predicted molar refractivity (Wildman–Crippen MR) is 78.0 cm³/mol. The van der Waals surface area contributed by atoms with Gasteiger partial charge in [0.05, 0.1) is 0 Å². The number of hydrogen-bond donors (Lipinski definition) is 0. The van der Waals surface area contributed by atoms with Gasteiger partial charge in [-0.15, -0.1) is 0 Å². The Morgan fingerprint density at radius 1 is 1.28 bits per heavy atom. The van der Waals surface area contributed by atoms with Crippen molar-refractivity contribution in [2.45, 2.75) is 38.1 Å². The minimum atomic E-state index is 0.176. The summed E-state index contributed by atoms with van der Waals surface area (Å²) in [5.41, 5.74) is 2.01. The third-order valence-corrected chi connectivity index (χ3v) is 4.38. The number of rotatable bonds is 2. The lowest BCUT2D eigenvalue weighted by Gasteiger charge is -2.36. The maximum absolute atomic E-state index is 12.5. The minimum absolute atomic E-state index is 0.176. The Morgan fingerprint density at radius 2 is 1.94 bits per heavy atom. The van der Waals surface area contributed by atoms with Crippen LogP contribution in [0, 0.1) is 5.92 Å². The second-order valence-electron chi connectivity index (χ2n) is 5.32. The Bertz CT molecular complexity index is 415. The van der Waals surface area contributed by atoms with E-state index in [1.807, 2.05) is 29.2 Å². The number of carbonyl (C=O) groups excluding carboxylic acids is 1. The zero-order valence-corrected chi connectivity index (χ0v) is 12.6. The van der Waals surface area contributed by atoms with Crippen LogP contribution in [0.5, 0.6) is 0 Å². The molecule has 1 aliphatic rings. The van der Waals surface area contributed by atoms with Crippen molar-refractivity contribution in [2.24, 2.45) is 5.92 Å². The fourth-order valence-corrected chi connectivity index (χ4v) is 2.85. The summed E-state index contributed by atoms with van der Waals surface area (Å²) in [6.45, 7) is 5.26. The van der Waals surface area contributed by atoms with Crippen molar-refractivity contribution in [3.05, 3.63) is 35.4 Å². The average Bonchev–Trinajstić information content (AvgIpc) is 2.41. The van der Waals surface area contributed by atoms with E-state index in [1.54, 1.807) is 0 Å². The Labute approximate surface area is 117 Å². The Morgan fingerprint density at radius 3 is 2.56 bits per heavy atom. The molecule has 2 nitrogen and oxygen atoms in total. The van der Waals surface area contributed by atoms with Crippen molar-refractivity contribution >= 4 is 21.8 Å². The number of nitrogens with zero attached hydrogens (tertiary/aromatic N) is 1. The van der Waals surface area contributed by atoms with Gasteiger partial charge in [0.2, 0.25) is 0 Å². The summed E-state index contributed by atoms with van der Waals surface area (Å²) in [4.78, 5) is 14.5. The topological polar surface area (TPSA) is 20.3 Å². The van der Waals surface area contributed by atoms with Crippen LogP contribution in [0.2, 0.25) is 0 Å². The van der Waals surface area contributed by atoms with E-state index in [0.717, 1.165) is 23.9 Å². The Kier molecular flexibility index (Phi) is 4.44. The van der Waals surface area contributed by atoms with Crippen molar-refractivity contribution < 1.29 is 4.79 Å². The molecule has 1 fully saturated rings. The third kappa shape index (κ3) is 2.94. The molecule has 0 N–H and O–H groups in total. The highest BCUT2D eigenvalue weighted by Gasteiger charge is 2.27. The number of hydrogen-bond acceptors (Lipinski definition) is 1. The summed E-state index contributed by atoms with van der Waals surface area (Å²) < 4.78 is 0. The Balaban J connectivity index is 2.13. The molecule has 0 bridgehead atoms. The van der Waals surface area contributed by atoms with Gasteiger partial charge < -0.3 is 4.90 Å². The molecule has 1 aromatic rings. The van der Waals surface area contributed by atoms with E-state index in [0.29, 0.717) is 12.0 Å². The van der Waals surface area contributed by atoms with E-state index < -0.39 is 0 Å². The number of alkyl halides is 1. The van der Waals surface area contributed by atoms with Gasteiger partial charge in [0.25, 0.3) is 5.91 Å². The average molecular weight is 310 g/mol. The highest BCUT2D eigenvalue weighted by atomic mass is 79.9. The molecule has 2 atom stereocenters. The quantitative estimate of drug-likeness (QED) is 0.760. The van der Waals surface area contributed by atoms with Crippen LogP contribution in [0.25, 0.3) is 0 Å². The smallest absolute Gasteiger partial charge is 0.254 e. The summed E-state index contributed by atoms with van der Waals surface area (Å²) in [6.07, 6.45) is 2.35. The van der Waals surface area contributed by atoms with Crippen molar-refractivity contribution in [1.82, 2.24) is 4.90 Å². The van der Waals surface area contributed by atoms with Crippen LogP contribution < -0.4 is 0 Å². The predicted octanol–water partition coefficient (Wildman–Crippen LogP) is 3.84. The van der Waals surface area contributed by atoms with E-state index in [2.05, 4.69) is 29.8 Å². The molecule has 3 heteroatoms. The van der Waals surface area contributed by atoms with Gasteiger partial charge in [0.1, 0.15) is 0 Å². The number of piperidine rings is 1. The lowest BCUT2D eigenvalue weighted by molar-refractivity contribution is 0.0574. The molecule has 0 spiro atoms. The lowest BCUT2D eigenvalue weighted by Crippen LogP contribution is -2.44. The van der Waals surface area contributed by atoms with E-state index >= 15 is 0 Å². The van der Waals surface area contributed by atoms with Gasteiger partial charge >= 0.3 is 0 Å². The number of carbonyl (C=O) groups is 1. The first kappa shape index (κ1) is 13.6. The number of benzene rings is 1. The highest BCUT2D eigenvalue weighted by Crippen LogP contribution is 2.23. The van der Waals surface area contributed by atoms with E-state index in [1.165, 1.54) is 12.0 Å². The minimum Gasteiger partial charge on any atom is -0.336 e. The first-order chi connectivity index (χ1) is 8.61. The molecule has 18 heavy (non-hydrogen) atoms. The highest BCUT2D eigenvalue weighted by molar-refractivity contribution is 9.08. The van der Waals surface area contributed by atoms with Crippen LogP contribution in [0.1, 0.15) is 42.6 Å². The van der Waals surface area contributed by atoms with Crippen LogP contribution in [0.3, 0.4) is 0 Å². The second-order valence-corrected chi connectivity index (χ2v) is 5.88. The van der Waals surface area contributed by atoms with Gasteiger partial charge in [0, 0.05) is 23.5 Å². The lowest BCUT2D eigenvalue weighted by atomic mass is 9.94. The second kappa shape index (κ2) is 5.87. The van der Waals surface area contributed by atoms with Crippen LogP contribution in [-0.2, 0) is 5.33 Å².